The summed E-state index contributed by atoms with van der Waals surface area (Å²) in [5, 5.41) is 0. The molecule has 0 spiro atoms. The normalized spacial score (nSPS) is 16.7. The van der Waals surface area contributed by atoms with Crippen LogP contribution in [0.5, 0.6) is 0 Å². The summed E-state index contributed by atoms with van der Waals surface area (Å²) in [4.78, 5) is 2.02. The molecule has 1 fully saturated rings. The van der Waals surface area contributed by atoms with Crippen LogP contribution in [-0.4, -0.2) is 41.0 Å². The molecule has 1 aromatic rings. The zero-order valence-electron chi connectivity index (χ0n) is 10.0. The van der Waals surface area contributed by atoms with Crippen LogP contribution in [0.2, 0.25) is 0 Å². The Hall–Kier alpha value is -1.34. The van der Waals surface area contributed by atoms with Gasteiger partial charge in [0.15, 0.2) is 0 Å². The topological polar surface area (TPSA) is 58.6 Å². The molecular weight excluding hydrogens is 259 g/mol. The Morgan fingerprint density at radius 3 is 2.61 bits per heavy atom. The minimum atomic E-state index is -3.48. The van der Waals surface area contributed by atoms with Crippen molar-refractivity contribution in [3.8, 4) is 0 Å². The molecule has 5 nitrogen and oxygen atoms in total. The minimum Gasteiger partial charge on any atom is -0.378 e. The molecule has 1 aromatic carbocycles. The van der Waals surface area contributed by atoms with Gasteiger partial charge >= 0.3 is 0 Å². The fourth-order valence-electron chi connectivity index (χ4n) is 1.81. The van der Waals surface area contributed by atoms with Gasteiger partial charge in [0, 0.05) is 18.8 Å². The summed E-state index contributed by atoms with van der Waals surface area (Å²) >= 11 is 0. The van der Waals surface area contributed by atoms with Gasteiger partial charge in [-0.05, 0) is 18.2 Å². The molecule has 0 radical (unpaired) electrons. The van der Waals surface area contributed by atoms with Crippen LogP contribution in [0.1, 0.15) is 0 Å². The van der Waals surface area contributed by atoms with Crippen molar-refractivity contribution >= 4 is 21.4 Å². The molecule has 0 bridgehead atoms. The molecule has 1 heterocycles. The highest BCUT2D eigenvalue weighted by molar-refractivity contribution is 7.92. The van der Waals surface area contributed by atoms with E-state index in [1.807, 2.05) is 4.90 Å². The second kappa shape index (κ2) is 5.11. The van der Waals surface area contributed by atoms with Crippen LogP contribution in [0.4, 0.5) is 15.8 Å². The van der Waals surface area contributed by atoms with Crippen molar-refractivity contribution in [2.75, 3.05) is 42.2 Å². The Morgan fingerprint density at radius 2 is 2.00 bits per heavy atom. The minimum absolute atomic E-state index is 0.0264. The SMILES string of the molecule is CS(=O)(=O)Nc1cc(N2CCOCC2)ccc1F. The van der Waals surface area contributed by atoms with Gasteiger partial charge in [0.2, 0.25) is 10.0 Å². The lowest BCUT2D eigenvalue weighted by atomic mass is 10.2. The molecule has 1 saturated heterocycles. The largest absolute Gasteiger partial charge is 0.378 e. The zero-order valence-corrected chi connectivity index (χ0v) is 10.8. The Morgan fingerprint density at radius 1 is 1.33 bits per heavy atom. The van der Waals surface area contributed by atoms with Crippen LogP contribution < -0.4 is 9.62 Å². The first-order chi connectivity index (χ1) is 8.46. The fraction of sp³-hybridized carbons (Fsp3) is 0.455. The predicted molar refractivity (Wildman–Crippen MR) is 67.9 cm³/mol. The van der Waals surface area contributed by atoms with Crippen molar-refractivity contribution in [3.63, 3.8) is 0 Å². The van der Waals surface area contributed by atoms with E-state index in [4.69, 9.17) is 4.74 Å². The molecular formula is C11H15FN2O3S. The number of rotatable bonds is 3. The lowest BCUT2D eigenvalue weighted by molar-refractivity contribution is 0.122. The standard InChI is InChI=1S/C11H15FN2O3S/c1-18(15,16)13-11-8-9(2-3-10(11)12)14-4-6-17-7-5-14/h2-3,8,13H,4-7H2,1H3. The number of anilines is 2. The van der Waals surface area contributed by atoms with Gasteiger partial charge in [-0.25, -0.2) is 12.8 Å². The predicted octanol–water partition coefficient (Wildman–Crippen LogP) is 1.03. The number of nitrogens with one attached hydrogen (secondary N) is 1. The number of halogens is 1. The highest BCUT2D eigenvalue weighted by Gasteiger charge is 2.14. The maximum absolute atomic E-state index is 13.5. The molecule has 0 atom stereocenters. The van der Waals surface area contributed by atoms with Crippen molar-refractivity contribution in [2.45, 2.75) is 0 Å². The number of morpholine rings is 1. The van der Waals surface area contributed by atoms with Crippen LogP contribution in [-0.2, 0) is 14.8 Å². The number of benzene rings is 1. The van der Waals surface area contributed by atoms with Crippen LogP contribution in [0.25, 0.3) is 0 Å². The molecule has 100 valence electrons. The van der Waals surface area contributed by atoms with E-state index in [9.17, 15) is 12.8 Å². The fourth-order valence-corrected chi connectivity index (χ4v) is 2.37. The summed E-state index contributed by atoms with van der Waals surface area (Å²) in [6.45, 7) is 2.66. The number of sulfonamides is 1. The lowest BCUT2D eigenvalue weighted by Crippen LogP contribution is -2.36. The molecule has 0 saturated carbocycles. The molecule has 1 aliphatic heterocycles. The van der Waals surface area contributed by atoms with Gasteiger partial charge in [-0.2, -0.15) is 0 Å². The second-order valence-corrected chi connectivity index (χ2v) is 5.89. The third-order valence-corrected chi connectivity index (χ3v) is 3.21. The molecule has 2 rings (SSSR count). The van der Waals surface area contributed by atoms with E-state index in [-0.39, 0.29) is 5.69 Å². The van der Waals surface area contributed by atoms with Gasteiger partial charge in [-0.3, -0.25) is 4.72 Å². The van der Waals surface area contributed by atoms with E-state index in [0.29, 0.717) is 26.3 Å². The average molecular weight is 274 g/mol. The van der Waals surface area contributed by atoms with E-state index >= 15 is 0 Å². The van der Waals surface area contributed by atoms with E-state index in [1.54, 1.807) is 6.07 Å². The first kappa shape index (κ1) is 13.1. The number of hydrogen-bond acceptors (Lipinski definition) is 4. The van der Waals surface area contributed by atoms with E-state index < -0.39 is 15.8 Å². The summed E-state index contributed by atoms with van der Waals surface area (Å²) in [6, 6.07) is 4.40. The van der Waals surface area contributed by atoms with Crippen molar-refractivity contribution in [1.29, 1.82) is 0 Å². The van der Waals surface area contributed by atoms with E-state index in [1.165, 1.54) is 12.1 Å². The maximum Gasteiger partial charge on any atom is 0.229 e. The van der Waals surface area contributed by atoms with Crippen molar-refractivity contribution in [3.05, 3.63) is 24.0 Å². The summed E-state index contributed by atoms with van der Waals surface area (Å²) in [5.41, 5.74) is 0.757. The van der Waals surface area contributed by atoms with Crippen LogP contribution in [0.3, 0.4) is 0 Å². The number of ether oxygens (including phenoxy) is 1. The Balaban J connectivity index is 2.25. The van der Waals surface area contributed by atoms with Gasteiger partial charge in [-0.1, -0.05) is 0 Å². The smallest absolute Gasteiger partial charge is 0.229 e. The molecule has 0 aromatic heterocycles. The first-order valence-electron chi connectivity index (χ1n) is 5.56. The molecule has 0 unspecified atom stereocenters. The highest BCUT2D eigenvalue weighted by atomic mass is 32.2. The number of hydrogen-bond donors (Lipinski definition) is 1. The molecule has 1 aliphatic rings. The van der Waals surface area contributed by atoms with Gasteiger partial charge in [0.25, 0.3) is 0 Å². The van der Waals surface area contributed by atoms with E-state index in [0.717, 1.165) is 11.9 Å². The molecule has 0 amide bonds. The third-order valence-electron chi connectivity index (χ3n) is 2.62. The lowest BCUT2D eigenvalue weighted by Gasteiger charge is -2.29. The Bertz CT molecular complexity index is 527. The Labute approximate surface area is 106 Å². The quantitative estimate of drug-likeness (QED) is 0.894. The maximum atomic E-state index is 13.5. The van der Waals surface area contributed by atoms with Gasteiger partial charge < -0.3 is 9.64 Å². The monoisotopic (exact) mass is 274 g/mol. The summed E-state index contributed by atoms with van der Waals surface area (Å²) in [6.07, 6.45) is 0.994. The molecule has 18 heavy (non-hydrogen) atoms. The first-order valence-corrected chi connectivity index (χ1v) is 7.45. The van der Waals surface area contributed by atoms with Crippen LogP contribution in [0, 0.1) is 5.82 Å². The number of nitrogens with zero attached hydrogens (tertiary/aromatic N) is 1. The van der Waals surface area contributed by atoms with Gasteiger partial charge in [0.1, 0.15) is 5.82 Å². The zero-order chi connectivity index (χ0) is 13.2. The summed E-state index contributed by atoms with van der Waals surface area (Å²) < 4.78 is 43.2. The molecule has 1 N–H and O–H groups in total. The Kier molecular flexibility index (Phi) is 3.72. The van der Waals surface area contributed by atoms with Gasteiger partial charge in [-0.15, -0.1) is 0 Å². The van der Waals surface area contributed by atoms with Crippen molar-refractivity contribution in [2.24, 2.45) is 0 Å². The van der Waals surface area contributed by atoms with E-state index in [2.05, 4.69) is 4.72 Å². The average Bonchev–Trinajstić information content (AvgIpc) is 2.31. The third kappa shape index (κ3) is 3.33. The van der Waals surface area contributed by atoms with Crippen molar-refractivity contribution in [1.82, 2.24) is 0 Å². The summed E-state index contributed by atoms with van der Waals surface area (Å²) in [7, 11) is -3.48. The molecule has 7 heteroatoms. The van der Waals surface area contributed by atoms with Crippen molar-refractivity contribution < 1.29 is 17.5 Å². The highest BCUT2D eigenvalue weighted by Crippen LogP contribution is 2.24. The summed E-state index contributed by atoms with van der Waals surface area (Å²) in [5.74, 6) is -0.586. The van der Waals surface area contributed by atoms with Crippen LogP contribution in [0.15, 0.2) is 18.2 Å². The van der Waals surface area contributed by atoms with Gasteiger partial charge in [0.05, 0.1) is 25.2 Å². The second-order valence-electron chi connectivity index (χ2n) is 4.14. The van der Waals surface area contributed by atoms with Crippen LogP contribution >= 0.6 is 0 Å². The molecule has 0 aliphatic carbocycles.